The average Bonchev–Trinajstić information content (AvgIpc) is 2.86. The van der Waals surface area contributed by atoms with Gasteiger partial charge in [-0.2, -0.15) is 18.0 Å². The lowest BCUT2D eigenvalue weighted by Crippen LogP contribution is -2.33. The Balaban J connectivity index is 2.21. The first-order chi connectivity index (χ1) is 8.53. The van der Waals surface area contributed by atoms with Crippen molar-refractivity contribution in [3.63, 3.8) is 0 Å². The second-order valence-corrected chi connectivity index (χ2v) is 5.69. The van der Waals surface area contributed by atoms with Crippen LogP contribution < -0.4 is 4.72 Å². The van der Waals surface area contributed by atoms with Crippen molar-refractivity contribution in [2.24, 2.45) is 0 Å². The summed E-state index contributed by atoms with van der Waals surface area (Å²) in [6.07, 6.45) is 1.63. The van der Waals surface area contributed by atoms with E-state index >= 15 is 0 Å². The number of nitriles is 1. The maximum Gasteiger partial charge on any atom is 0.301 e. The Kier molecular flexibility index (Phi) is 3.50. The highest BCUT2D eigenvalue weighted by Crippen LogP contribution is 2.20. The monoisotopic (exact) mass is 269 g/mol. The number of hydrogen-bond donors (Lipinski definition) is 1. The molecule has 0 aliphatic carbocycles. The number of anilines is 1. The molecule has 0 amide bonds. The van der Waals surface area contributed by atoms with Crippen molar-refractivity contribution in [3.8, 4) is 6.07 Å². The van der Waals surface area contributed by atoms with Crippen molar-refractivity contribution in [3.05, 3.63) is 29.6 Å². The summed E-state index contributed by atoms with van der Waals surface area (Å²) in [4.78, 5) is 0. The van der Waals surface area contributed by atoms with Gasteiger partial charge in [-0.15, -0.1) is 0 Å². The molecule has 5 nitrogen and oxygen atoms in total. The molecule has 1 N–H and O–H groups in total. The Labute approximate surface area is 105 Å². The molecule has 2 rings (SSSR count). The van der Waals surface area contributed by atoms with Gasteiger partial charge in [0, 0.05) is 13.1 Å². The fourth-order valence-electron chi connectivity index (χ4n) is 1.80. The number of hydrogen-bond acceptors (Lipinski definition) is 3. The summed E-state index contributed by atoms with van der Waals surface area (Å²) in [7, 11) is -3.69. The lowest BCUT2D eigenvalue weighted by Gasteiger charge is -2.17. The van der Waals surface area contributed by atoms with E-state index in [1.807, 2.05) is 0 Å². The topological polar surface area (TPSA) is 73.2 Å². The Morgan fingerprint density at radius 2 is 2.00 bits per heavy atom. The van der Waals surface area contributed by atoms with Crippen LogP contribution in [-0.2, 0) is 10.2 Å². The molecule has 1 aliphatic rings. The van der Waals surface area contributed by atoms with Crippen LogP contribution in [0.1, 0.15) is 18.4 Å². The van der Waals surface area contributed by atoms with Gasteiger partial charge in [0.2, 0.25) is 0 Å². The smallest absolute Gasteiger partial charge is 0.268 e. The fraction of sp³-hybridized carbons (Fsp3) is 0.364. The van der Waals surface area contributed by atoms with Gasteiger partial charge in [0.25, 0.3) is 0 Å². The Hall–Kier alpha value is -1.65. The molecule has 18 heavy (non-hydrogen) atoms. The van der Waals surface area contributed by atoms with Gasteiger partial charge in [-0.25, -0.2) is 4.39 Å². The van der Waals surface area contributed by atoms with E-state index in [1.165, 1.54) is 16.4 Å². The highest BCUT2D eigenvalue weighted by molar-refractivity contribution is 7.90. The molecule has 1 aromatic rings. The number of nitrogens with one attached hydrogen (secondary N) is 1. The third-order valence-electron chi connectivity index (χ3n) is 2.74. The molecular weight excluding hydrogens is 257 g/mol. The molecule has 1 fully saturated rings. The SMILES string of the molecule is N#Cc1ccc(NS(=O)(=O)N2CCCC2)c(F)c1. The second kappa shape index (κ2) is 4.92. The summed E-state index contributed by atoms with van der Waals surface area (Å²) in [5.41, 5.74) is 0.0116. The van der Waals surface area contributed by atoms with Gasteiger partial charge in [-0.05, 0) is 31.0 Å². The van der Waals surface area contributed by atoms with Crippen LogP contribution in [0.25, 0.3) is 0 Å². The number of nitrogens with zero attached hydrogens (tertiary/aromatic N) is 2. The molecule has 0 radical (unpaired) electrons. The molecule has 1 saturated heterocycles. The van der Waals surface area contributed by atoms with Gasteiger partial charge in [0.05, 0.1) is 17.3 Å². The van der Waals surface area contributed by atoms with E-state index in [4.69, 9.17) is 5.26 Å². The highest BCUT2D eigenvalue weighted by atomic mass is 32.2. The molecule has 1 aliphatic heterocycles. The Morgan fingerprint density at radius 3 is 2.56 bits per heavy atom. The summed E-state index contributed by atoms with van der Waals surface area (Å²) < 4.78 is 40.8. The van der Waals surface area contributed by atoms with Crippen LogP contribution >= 0.6 is 0 Å². The molecule has 1 aromatic carbocycles. The summed E-state index contributed by atoms with van der Waals surface area (Å²) >= 11 is 0. The predicted molar refractivity (Wildman–Crippen MR) is 64.5 cm³/mol. The number of halogens is 1. The van der Waals surface area contributed by atoms with Gasteiger partial charge in [0.1, 0.15) is 5.82 Å². The average molecular weight is 269 g/mol. The zero-order valence-corrected chi connectivity index (χ0v) is 10.4. The minimum Gasteiger partial charge on any atom is -0.268 e. The predicted octanol–water partition coefficient (Wildman–Crippen LogP) is 1.45. The molecule has 0 aromatic heterocycles. The van der Waals surface area contributed by atoms with Gasteiger partial charge < -0.3 is 0 Å². The first kappa shape index (κ1) is 12.8. The van der Waals surface area contributed by atoms with Crippen LogP contribution in [0.4, 0.5) is 10.1 Å². The van der Waals surface area contributed by atoms with Crippen LogP contribution in [0.15, 0.2) is 18.2 Å². The molecular formula is C11H12FN3O2S. The molecule has 0 unspecified atom stereocenters. The zero-order valence-electron chi connectivity index (χ0n) is 9.56. The third-order valence-corrected chi connectivity index (χ3v) is 4.26. The number of benzene rings is 1. The standard InChI is InChI=1S/C11H12FN3O2S/c12-10-7-9(8-13)3-4-11(10)14-18(16,17)15-5-1-2-6-15/h3-4,7,14H,1-2,5-6H2. The van der Waals surface area contributed by atoms with E-state index in [9.17, 15) is 12.8 Å². The lowest BCUT2D eigenvalue weighted by atomic mass is 10.2. The van der Waals surface area contributed by atoms with Crippen LogP contribution in [0.3, 0.4) is 0 Å². The van der Waals surface area contributed by atoms with Gasteiger partial charge >= 0.3 is 10.2 Å². The molecule has 1 heterocycles. The van der Waals surface area contributed by atoms with Crippen LogP contribution in [0.2, 0.25) is 0 Å². The molecule has 0 saturated carbocycles. The molecule has 0 spiro atoms. The maximum atomic E-state index is 13.6. The zero-order chi connectivity index (χ0) is 13.2. The first-order valence-electron chi connectivity index (χ1n) is 5.50. The van der Waals surface area contributed by atoms with Crippen molar-refractivity contribution >= 4 is 15.9 Å². The second-order valence-electron chi connectivity index (χ2n) is 4.02. The first-order valence-corrected chi connectivity index (χ1v) is 6.94. The third kappa shape index (κ3) is 2.60. The summed E-state index contributed by atoms with van der Waals surface area (Å²) in [5, 5.41) is 8.59. The van der Waals surface area contributed by atoms with Gasteiger partial charge in [0.15, 0.2) is 0 Å². The van der Waals surface area contributed by atoms with E-state index in [1.54, 1.807) is 6.07 Å². The van der Waals surface area contributed by atoms with E-state index < -0.39 is 16.0 Å². The highest BCUT2D eigenvalue weighted by Gasteiger charge is 2.25. The van der Waals surface area contributed by atoms with Crippen LogP contribution in [-0.4, -0.2) is 25.8 Å². The lowest BCUT2D eigenvalue weighted by molar-refractivity contribution is 0.482. The van der Waals surface area contributed by atoms with Crippen molar-refractivity contribution < 1.29 is 12.8 Å². The van der Waals surface area contributed by atoms with Crippen molar-refractivity contribution in [2.45, 2.75) is 12.8 Å². The quantitative estimate of drug-likeness (QED) is 0.902. The van der Waals surface area contributed by atoms with E-state index in [0.29, 0.717) is 13.1 Å². The minimum atomic E-state index is -3.69. The molecule has 7 heteroatoms. The van der Waals surface area contributed by atoms with Crippen LogP contribution in [0.5, 0.6) is 0 Å². The largest absolute Gasteiger partial charge is 0.301 e. The van der Waals surface area contributed by atoms with Crippen molar-refractivity contribution in [1.29, 1.82) is 5.26 Å². The van der Waals surface area contributed by atoms with Crippen LogP contribution in [0, 0.1) is 17.1 Å². The molecule has 0 bridgehead atoms. The van der Waals surface area contributed by atoms with Gasteiger partial charge in [-0.3, -0.25) is 4.72 Å². The van der Waals surface area contributed by atoms with E-state index in [-0.39, 0.29) is 11.3 Å². The van der Waals surface area contributed by atoms with E-state index in [2.05, 4.69) is 4.72 Å². The Bertz CT molecular complexity index is 589. The minimum absolute atomic E-state index is 0.138. The maximum absolute atomic E-state index is 13.6. The van der Waals surface area contributed by atoms with Crippen molar-refractivity contribution in [1.82, 2.24) is 4.31 Å². The molecule has 96 valence electrons. The van der Waals surface area contributed by atoms with E-state index in [0.717, 1.165) is 18.9 Å². The Morgan fingerprint density at radius 1 is 1.33 bits per heavy atom. The normalized spacial score (nSPS) is 16.4. The summed E-state index contributed by atoms with van der Waals surface area (Å²) in [6, 6.07) is 5.40. The summed E-state index contributed by atoms with van der Waals surface area (Å²) in [6.45, 7) is 0.903. The van der Waals surface area contributed by atoms with Crippen molar-refractivity contribution in [2.75, 3.05) is 17.8 Å². The summed E-state index contributed by atoms with van der Waals surface area (Å²) in [5.74, 6) is -0.753. The fourth-order valence-corrected chi connectivity index (χ4v) is 3.11. The number of rotatable bonds is 3. The molecule has 0 atom stereocenters. The van der Waals surface area contributed by atoms with Gasteiger partial charge in [-0.1, -0.05) is 0 Å².